The molecule has 0 saturated carbocycles. The van der Waals surface area contributed by atoms with Gasteiger partial charge in [-0.15, -0.1) is 0 Å². The number of ether oxygens (including phenoxy) is 2. The van der Waals surface area contributed by atoms with Gasteiger partial charge >= 0.3 is 5.97 Å². The van der Waals surface area contributed by atoms with E-state index in [0.29, 0.717) is 28.7 Å². The quantitative estimate of drug-likeness (QED) is 0.111. The van der Waals surface area contributed by atoms with Crippen LogP contribution in [0.3, 0.4) is 0 Å². The molecule has 1 aliphatic heterocycles. The molecule has 0 saturated heterocycles. The number of allylic oxidation sites excluding steroid dienone is 1. The van der Waals surface area contributed by atoms with E-state index in [1.54, 1.807) is 30.7 Å². The number of benzene rings is 1. The monoisotopic (exact) mass is 535 g/mol. The minimum absolute atomic E-state index is 0.115. The van der Waals surface area contributed by atoms with Gasteiger partial charge in [-0.05, 0) is 33.1 Å². The second-order valence-corrected chi connectivity index (χ2v) is 10.0. The number of esters is 1. The van der Waals surface area contributed by atoms with Crippen LogP contribution >= 0.6 is 8.43 Å². The molecule has 1 aromatic carbocycles. The summed E-state index contributed by atoms with van der Waals surface area (Å²) < 4.78 is 13.5. The lowest BCUT2D eigenvalue weighted by Crippen LogP contribution is -2.53. The lowest BCUT2D eigenvalue weighted by Gasteiger charge is -2.39. The third kappa shape index (κ3) is 6.64. The van der Waals surface area contributed by atoms with Crippen molar-refractivity contribution in [2.24, 2.45) is 0 Å². The zero-order valence-electron chi connectivity index (χ0n) is 22.9. The maximum atomic E-state index is 13.5. The van der Waals surface area contributed by atoms with E-state index in [1.807, 2.05) is 13.8 Å². The summed E-state index contributed by atoms with van der Waals surface area (Å²) >= 11 is 0. The number of hydroxylamine groups is 1. The van der Waals surface area contributed by atoms with Crippen molar-refractivity contribution in [1.82, 2.24) is 0 Å². The Morgan fingerprint density at radius 3 is 2.32 bits per heavy atom. The molecule has 0 fully saturated rings. The molecule has 0 radical (unpaired) electrons. The van der Waals surface area contributed by atoms with E-state index < -0.39 is 16.5 Å². The smallest absolute Gasteiger partial charge is 0.344 e. The third-order valence-corrected chi connectivity index (χ3v) is 7.38. The van der Waals surface area contributed by atoms with E-state index in [9.17, 15) is 19.8 Å². The van der Waals surface area contributed by atoms with Gasteiger partial charge in [-0.25, -0.2) is 4.79 Å². The Labute approximate surface area is 221 Å². The van der Waals surface area contributed by atoms with Gasteiger partial charge in [0.25, 0.3) is 5.69 Å². The molecule has 2 rings (SSSR count). The molecule has 1 N–H and O–H groups in total. The predicted octanol–water partition coefficient (Wildman–Crippen LogP) is 5.86. The van der Waals surface area contributed by atoms with Gasteiger partial charge in [0, 0.05) is 36.3 Å². The van der Waals surface area contributed by atoms with E-state index in [-0.39, 0.29) is 31.9 Å². The Hall–Kier alpha value is -2.61. The van der Waals surface area contributed by atoms with Crippen LogP contribution < -0.4 is 0 Å². The molecular weight excluding hydrogens is 495 g/mol. The molecule has 3 unspecified atom stereocenters. The Morgan fingerprint density at radius 2 is 1.78 bits per heavy atom. The highest BCUT2D eigenvalue weighted by molar-refractivity contribution is 7.38. The molecule has 0 amide bonds. The molecule has 0 spiro atoms. The molecule has 1 aliphatic rings. The zero-order valence-corrected chi connectivity index (χ0v) is 23.8. The summed E-state index contributed by atoms with van der Waals surface area (Å²) in [5.41, 5.74) is -0.310. The molecule has 204 valence electrons. The molecule has 10 heteroatoms. The second-order valence-electron chi connectivity index (χ2n) is 9.40. The summed E-state index contributed by atoms with van der Waals surface area (Å²) in [5.74, 6) is -0.671. The minimum Gasteiger partial charge on any atom is -0.465 e. The zero-order chi connectivity index (χ0) is 27.8. The van der Waals surface area contributed by atoms with Gasteiger partial charge in [0.1, 0.15) is 10.9 Å². The first-order valence-corrected chi connectivity index (χ1v) is 13.7. The highest BCUT2D eigenvalue weighted by Gasteiger charge is 2.57. The normalized spacial score (nSPS) is 20.7. The Morgan fingerprint density at radius 1 is 1.16 bits per heavy atom. The van der Waals surface area contributed by atoms with Crippen LogP contribution in [0.1, 0.15) is 85.6 Å². The molecule has 9 nitrogen and oxygen atoms in total. The van der Waals surface area contributed by atoms with Gasteiger partial charge in [0.15, 0.2) is 11.7 Å². The van der Waals surface area contributed by atoms with Gasteiger partial charge in [-0.1, -0.05) is 45.2 Å². The summed E-state index contributed by atoms with van der Waals surface area (Å²) in [6.45, 7) is 11.6. The number of non-ortho nitro benzene ring substituents is 1. The van der Waals surface area contributed by atoms with Crippen molar-refractivity contribution in [3.63, 3.8) is 0 Å². The number of rotatable bonds is 13. The molecule has 0 aromatic heterocycles. The Bertz CT molecular complexity index is 1080. The lowest BCUT2D eigenvalue weighted by atomic mass is 9.78. The van der Waals surface area contributed by atoms with Crippen LogP contribution in [-0.4, -0.2) is 50.8 Å². The van der Waals surface area contributed by atoms with Crippen LogP contribution in [0.25, 0.3) is 0 Å². The van der Waals surface area contributed by atoms with E-state index in [1.165, 1.54) is 19.2 Å². The fourth-order valence-corrected chi connectivity index (χ4v) is 5.32. The summed E-state index contributed by atoms with van der Waals surface area (Å²) in [6.07, 6.45) is 4.85. The number of nitro benzene ring substituents is 1. The number of hydrogen-bond acceptors (Lipinski definition) is 7. The highest BCUT2D eigenvalue weighted by atomic mass is 31.1. The van der Waals surface area contributed by atoms with Crippen molar-refractivity contribution >= 4 is 31.1 Å². The summed E-state index contributed by atoms with van der Waals surface area (Å²) in [7, 11) is 1.11. The number of carbonyl (C=O) groups excluding carboxylic acids is 1. The van der Waals surface area contributed by atoms with Gasteiger partial charge in [-0.2, -0.15) is 0 Å². The van der Waals surface area contributed by atoms with Gasteiger partial charge in [0.05, 0.1) is 26.6 Å². The first kappa shape index (κ1) is 30.6. The summed E-state index contributed by atoms with van der Waals surface area (Å²) in [6, 6.07) is 6.00. The van der Waals surface area contributed by atoms with Gasteiger partial charge in [0.2, 0.25) is 11.4 Å². The first-order chi connectivity index (χ1) is 17.6. The van der Waals surface area contributed by atoms with Crippen LogP contribution in [0.4, 0.5) is 5.69 Å². The SMILES string of the molecule is CCCCC(C)O[N+]1=C(C)C(=PO)C(OC(C)CCCC)(c2cccc([N+](=O)[O-])c2)C(C(=O)OC)=C1C. The van der Waals surface area contributed by atoms with Crippen LogP contribution in [0.15, 0.2) is 35.5 Å². The van der Waals surface area contributed by atoms with E-state index in [0.717, 1.165) is 32.1 Å². The van der Waals surface area contributed by atoms with Crippen molar-refractivity contribution in [2.75, 3.05) is 7.11 Å². The fraction of sp³-hybridized carbons (Fsp3) is 0.593. The van der Waals surface area contributed by atoms with E-state index in [4.69, 9.17) is 14.3 Å². The lowest BCUT2D eigenvalue weighted by molar-refractivity contribution is -0.763. The molecule has 1 heterocycles. The topological polar surface area (TPSA) is 111 Å². The van der Waals surface area contributed by atoms with Crippen LogP contribution in [0, 0.1) is 10.1 Å². The third-order valence-electron chi connectivity index (χ3n) is 6.54. The number of nitrogens with zero attached hydrogens (tertiary/aromatic N) is 2. The minimum atomic E-state index is -1.62. The number of nitro groups is 1. The molecule has 0 aliphatic carbocycles. The Kier molecular flexibility index (Phi) is 11.4. The number of hydrogen-bond donors (Lipinski definition) is 1. The predicted molar refractivity (Wildman–Crippen MR) is 145 cm³/mol. The van der Waals surface area contributed by atoms with E-state index >= 15 is 0 Å². The molecule has 3 atom stereocenters. The maximum Gasteiger partial charge on any atom is 0.344 e. The molecule has 0 bridgehead atoms. The first-order valence-electron chi connectivity index (χ1n) is 12.8. The van der Waals surface area contributed by atoms with Gasteiger partial charge in [-0.3, -0.25) is 15.0 Å². The average molecular weight is 536 g/mol. The van der Waals surface area contributed by atoms with Crippen molar-refractivity contribution in [2.45, 2.75) is 97.9 Å². The Balaban J connectivity index is 2.90. The van der Waals surface area contributed by atoms with Crippen molar-refractivity contribution in [3.05, 3.63) is 51.2 Å². The van der Waals surface area contributed by atoms with Gasteiger partial charge < -0.3 is 14.4 Å². The van der Waals surface area contributed by atoms with Crippen molar-refractivity contribution < 1.29 is 33.7 Å². The number of carbonyl (C=O) groups is 1. The number of unbranched alkanes of at least 4 members (excludes halogenated alkanes) is 2. The average Bonchev–Trinajstić information content (AvgIpc) is 2.88. The summed E-state index contributed by atoms with van der Waals surface area (Å²) in [4.78, 5) is 41.6. The number of methoxy groups -OCH3 is 1. The largest absolute Gasteiger partial charge is 0.465 e. The maximum absolute atomic E-state index is 13.5. The van der Waals surface area contributed by atoms with Crippen LogP contribution in [0.2, 0.25) is 0 Å². The van der Waals surface area contributed by atoms with Crippen molar-refractivity contribution in [3.8, 4) is 0 Å². The van der Waals surface area contributed by atoms with Crippen LogP contribution in [-0.2, 0) is 24.7 Å². The standard InChI is InChI=1S/C27H39N2O7P/c1-8-10-13-18(3)35-27(22-15-12-16-23(17-22)29(31)32)24(26(30)34-7)20(5)28(21(6)25(27)37-33)36-19(4)14-11-9-2/h12,15-19H,8-11,13-14H2,1-7H3/p+1. The summed E-state index contributed by atoms with van der Waals surface area (Å²) in [5, 5.41) is 12.0. The highest BCUT2D eigenvalue weighted by Crippen LogP contribution is 2.45. The second kappa shape index (κ2) is 13.8. The molecule has 1 aromatic rings. The fourth-order valence-electron chi connectivity index (χ4n) is 4.65. The van der Waals surface area contributed by atoms with Crippen molar-refractivity contribution in [1.29, 1.82) is 0 Å². The van der Waals surface area contributed by atoms with E-state index in [2.05, 4.69) is 13.8 Å². The van der Waals surface area contributed by atoms with Crippen LogP contribution in [0.5, 0.6) is 0 Å². The molecular formula is C27H40N2O7P+. The molecule has 37 heavy (non-hydrogen) atoms.